The molecule has 3 heteroatoms. The van der Waals surface area contributed by atoms with Gasteiger partial charge >= 0.3 is 0 Å². The summed E-state index contributed by atoms with van der Waals surface area (Å²) in [7, 11) is 0. The van der Waals surface area contributed by atoms with E-state index in [9.17, 15) is 0 Å². The van der Waals surface area contributed by atoms with Crippen LogP contribution >= 0.6 is 0 Å². The number of hydrogen-bond acceptors (Lipinski definition) is 2. The molecule has 1 saturated heterocycles. The predicted molar refractivity (Wildman–Crippen MR) is 72.7 cm³/mol. The van der Waals surface area contributed by atoms with Gasteiger partial charge in [-0.25, -0.2) is 0 Å². The summed E-state index contributed by atoms with van der Waals surface area (Å²) in [5.74, 6) is 0.158. The van der Waals surface area contributed by atoms with Gasteiger partial charge in [0.1, 0.15) is 5.84 Å². The van der Waals surface area contributed by atoms with Gasteiger partial charge in [0.05, 0.1) is 0 Å². The van der Waals surface area contributed by atoms with Gasteiger partial charge in [-0.2, -0.15) is 0 Å². The number of nitrogens with two attached hydrogens (primary N) is 1. The Hall–Kier alpha value is -1.51. The lowest BCUT2D eigenvalue weighted by Gasteiger charge is -2.38. The van der Waals surface area contributed by atoms with Crippen molar-refractivity contribution in [2.45, 2.75) is 26.7 Å². The lowest BCUT2D eigenvalue weighted by molar-refractivity contribution is 0.280. The summed E-state index contributed by atoms with van der Waals surface area (Å²) in [5.41, 5.74) is 8.04. The van der Waals surface area contributed by atoms with Crippen LogP contribution in [0.1, 0.15) is 32.3 Å². The first-order chi connectivity index (χ1) is 7.99. The van der Waals surface area contributed by atoms with Crippen molar-refractivity contribution in [3.8, 4) is 0 Å². The molecule has 0 aliphatic carbocycles. The summed E-state index contributed by atoms with van der Waals surface area (Å²) in [5, 5.41) is 7.62. The number of benzene rings is 1. The third-order valence-electron chi connectivity index (χ3n) is 3.65. The lowest BCUT2D eigenvalue weighted by atomic mass is 9.82. The molecule has 0 saturated carbocycles. The maximum absolute atomic E-state index is 7.62. The van der Waals surface area contributed by atoms with Crippen molar-refractivity contribution in [2.75, 3.05) is 18.0 Å². The molecule has 0 atom stereocenters. The number of nitrogen functional groups attached to an aromatic ring is 1. The first-order valence-corrected chi connectivity index (χ1v) is 6.18. The SMILES string of the molecule is CC1(C)CCN(c2ccccc2C(=N)N)CC1. The van der Waals surface area contributed by atoms with Crippen molar-refractivity contribution in [1.29, 1.82) is 5.41 Å². The molecule has 3 N–H and O–H groups in total. The summed E-state index contributed by atoms with van der Waals surface area (Å²) in [6, 6.07) is 7.95. The van der Waals surface area contributed by atoms with Gasteiger partial charge in [-0.05, 0) is 30.4 Å². The highest BCUT2D eigenvalue weighted by atomic mass is 15.1. The van der Waals surface area contributed by atoms with E-state index in [1.807, 2.05) is 18.2 Å². The van der Waals surface area contributed by atoms with Crippen LogP contribution in [-0.4, -0.2) is 18.9 Å². The molecular weight excluding hydrogens is 210 g/mol. The molecule has 3 nitrogen and oxygen atoms in total. The fourth-order valence-corrected chi connectivity index (χ4v) is 2.33. The Kier molecular flexibility index (Phi) is 3.09. The topological polar surface area (TPSA) is 53.1 Å². The number of nitrogens with zero attached hydrogens (tertiary/aromatic N) is 1. The molecule has 2 rings (SSSR count). The van der Waals surface area contributed by atoms with Gasteiger partial charge in [0.25, 0.3) is 0 Å². The molecule has 1 fully saturated rings. The van der Waals surface area contributed by atoms with Crippen molar-refractivity contribution < 1.29 is 0 Å². The standard InChI is InChI=1S/C14H21N3/c1-14(2)7-9-17(10-8-14)12-6-4-3-5-11(12)13(15)16/h3-6H,7-10H2,1-2H3,(H3,15,16). The Morgan fingerprint density at radius 2 is 1.82 bits per heavy atom. The molecule has 17 heavy (non-hydrogen) atoms. The van der Waals surface area contributed by atoms with E-state index in [0.29, 0.717) is 5.41 Å². The highest BCUT2D eigenvalue weighted by molar-refractivity contribution is 6.00. The third-order valence-corrected chi connectivity index (χ3v) is 3.65. The van der Waals surface area contributed by atoms with Crippen LogP contribution < -0.4 is 10.6 Å². The van der Waals surface area contributed by atoms with Crippen LogP contribution in [-0.2, 0) is 0 Å². The highest BCUT2D eigenvalue weighted by Crippen LogP contribution is 2.33. The summed E-state index contributed by atoms with van der Waals surface area (Å²) in [6.07, 6.45) is 2.39. The van der Waals surface area contributed by atoms with Crippen LogP contribution in [0.4, 0.5) is 5.69 Å². The number of para-hydroxylation sites is 1. The van der Waals surface area contributed by atoms with Crippen molar-refractivity contribution >= 4 is 11.5 Å². The van der Waals surface area contributed by atoms with Crippen molar-refractivity contribution in [3.63, 3.8) is 0 Å². The lowest BCUT2D eigenvalue weighted by Crippen LogP contribution is -2.38. The van der Waals surface area contributed by atoms with Crippen LogP contribution in [0.3, 0.4) is 0 Å². The Labute approximate surface area is 103 Å². The number of rotatable bonds is 2. The molecule has 1 aromatic carbocycles. The monoisotopic (exact) mass is 231 g/mol. The predicted octanol–water partition coefficient (Wildman–Crippen LogP) is 2.60. The second kappa shape index (κ2) is 4.40. The molecular formula is C14H21N3. The molecule has 1 heterocycles. The Balaban J connectivity index is 2.21. The van der Waals surface area contributed by atoms with E-state index in [4.69, 9.17) is 11.1 Å². The molecule has 92 valence electrons. The van der Waals surface area contributed by atoms with Gasteiger partial charge in [0, 0.05) is 24.3 Å². The van der Waals surface area contributed by atoms with E-state index in [-0.39, 0.29) is 5.84 Å². The normalized spacial score (nSPS) is 19.1. The minimum absolute atomic E-state index is 0.158. The fourth-order valence-electron chi connectivity index (χ4n) is 2.33. The quantitative estimate of drug-likeness (QED) is 0.607. The minimum atomic E-state index is 0.158. The second-order valence-electron chi connectivity index (χ2n) is 5.58. The van der Waals surface area contributed by atoms with Crippen LogP contribution in [0.15, 0.2) is 24.3 Å². The van der Waals surface area contributed by atoms with E-state index in [0.717, 1.165) is 24.3 Å². The minimum Gasteiger partial charge on any atom is -0.384 e. The van der Waals surface area contributed by atoms with Crippen LogP contribution in [0, 0.1) is 10.8 Å². The molecule has 1 aliphatic heterocycles. The van der Waals surface area contributed by atoms with Crippen LogP contribution in [0.5, 0.6) is 0 Å². The Morgan fingerprint density at radius 1 is 1.24 bits per heavy atom. The van der Waals surface area contributed by atoms with Gasteiger partial charge in [0.2, 0.25) is 0 Å². The van der Waals surface area contributed by atoms with Gasteiger partial charge in [-0.3, -0.25) is 5.41 Å². The van der Waals surface area contributed by atoms with Gasteiger partial charge in [-0.1, -0.05) is 26.0 Å². The van der Waals surface area contributed by atoms with Gasteiger partial charge in [0.15, 0.2) is 0 Å². The van der Waals surface area contributed by atoms with Crippen molar-refractivity contribution in [1.82, 2.24) is 0 Å². The van der Waals surface area contributed by atoms with Gasteiger partial charge in [-0.15, -0.1) is 0 Å². The summed E-state index contributed by atoms with van der Waals surface area (Å²) < 4.78 is 0. The maximum atomic E-state index is 7.62. The number of hydrogen-bond donors (Lipinski definition) is 2. The average molecular weight is 231 g/mol. The first kappa shape index (κ1) is 12.0. The van der Waals surface area contributed by atoms with Gasteiger partial charge < -0.3 is 10.6 Å². The molecule has 1 aliphatic rings. The third kappa shape index (κ3) is 2.60. The highest BCUT2D eigenvalue weighted by Gasteiger charge is 2.26. The fraction of sp³-hybridized carbons (Fsp3) is 0.500. The number of anilines is 1. The molecule has 0 unspecified atom stereocenters. The second-order valence-corrected chi connectivity index (χ2v) is 5.58. The molecule has 0 spiro atoms. The van der Waals surface area contributed by atoms with E-state index in [1.165, 1.54) is 12.8 Å². The zero-order valence-corrected chi connectivity index (χ0v) is 10.7. The smallest absolute Gasteiger partial charge is 0.124 e. The summed E-state index contributed by atoms with van der Waals surface area (Å²) in [4.78, 5) is 2.35. The molecule has 1 aromatic rings. The molecule has 0 radical (unpaired) electrons. The zero-order chi connectivity index (χ0) is 12.5. The van der Waals surface area contributed by atoms with E-state index >= 15 is 0 Å². The molecule has 0 bridgehead atoms. The Bertz CT molecular complexity index is 413. The van der Waals surface area contributed by atoms with Crippen molar-refractivity contribution in [2.24, 2.45) is 11.1 Å². The first-order valence-electron chi connectivity index (χ1n) is 6.18. The van der Waals surface area contributed by atoms with Crippen LogP contribution in [0.25, 0.3) is 0 Å². The number of amidine groups is 1. The summed E-state index contributed by atoms with van der Waals surface area (Å²) in [6.45, 7) is 6.75. The molecule has 0 amide bonds. The van der Waals surface area contributed by atoms with E-state index in [2.05, 4.69) is 24.8 Å². The van der Waals surface area contributed by atoms with Crippen molar-refractivity contribution in [3.05, 3.63) is 29.8 Å². The number of piperidine rings is 1. The Morgan fingerprint density at radius 3 is 2.41 bits per heavy atom. The maximum Gasteiger partial charge on any atom is 0.124 e. The zero-order valence-electron chi connectivity index (χ0n) is 10.7. The summed E-state index contributed by atoms with van der Waals surface area (Å²) >= 11 is 0. The number of nitrogens with one attached hydrogen (secondary N) is 1. The average Bonchev–Trinajstić information content (AvgIpc) is 2.29. The largest absolute Gasteiger partial charge is 0.384 e. The van der Waals surface area contributed by atoms with Crippen LogP contribution in [0.2, 0.25) is 0 Å². The van der Waals surface area contributed by atoms with E-state index < -0.39 is 0 Å². The molecule has 0 aromatic heterocycles. The van der Waals surface area contributed by atoms with E-state index in [1.54, 1.807) is 0 Å².